The predicted octanol–water partition coefficient (Wildman–Crippen LogP) is 4.83. The number of esters is 1. The van der Waals surface area contributed by atoms with E-state index >= 15 is 0 Å². The maximum Gasteiger partial charge on any atom is 0.314 e. The van der Waals surface area contributed by atoms with Gasteiger partial charge in [0, 0.05) is 17.1 Å². The SMILES string of the molecule is CN1[C@@H]2CC[C@H]1C[C@H](OC(=O)C(Cc1ccccc1Cl)c1ccccc1)C2. The van der Waals surface area contributed by atoms with E-state index in [1.165, 1.54) is 12.8 Å². The summed E-state index contributed by atoms with van der Waals surface area (Å²) in [6, 6.07) is 18.8. The summed E-state index contributed by atoms with van der Waals surface area (Å²) >= 11 is 6.36. The molecule has 0 spiro atoms. The van der Waals surface area contributed by atoms with Crippen LogP contribution in [0.25, 0.3) is 0 Å². The molecule has 2 aromatic carbocycles. The van der Waals surface area contributed by atoms with Crippen molar-refractivity contribution in [2.75, 3.05) is 7.05 Å². The summed E-state index contributed by atoms with van der Waals surface area (Å²) in [7, 11) is 2.20. The van der Waals surface area contributed by atoms with Crippen LogP contribution in [0.5, 0.6) is 0 Å². The van der Waals surface area contributed by atoms with Gasteiger partial charge in [0.2, 0.25) is 0 Å². The molecule has 0 aliphatic carbocycles. The van der Waals surface area contributed by atoms with E-state index in [1.54, 1.807) is 0 Å². The van der Waals surface area contributed by atoms with E-state index in [0.29, 0.717) is 23.5 Å². The van der Waals surface area contributed by atoms with Crippen molar-refractivity contribution in [1.29, 1.82) is 0 Å². The van der Waals surface area contributed by atoms with Gasteiger partial charge in [-0.05, 0) is 56.3 Å². The number of ether oxygens (including phenoxy) is 1. The van der Waals surface area contributed by atoms with Crippen molar-refractivity contribution in [3.63, 3.8) is 0 Å². The van der Waals surface area contributed by atoms with Crippen LogP contribution in [0.2, 0.25) is 5.02 Å². The van der Waals surface area contributed by atoms with E-state index in [0.717, 1.165) is 24.0 Å². The van der Waals surface area contributed by atoms with Crippen molar-refractivity contribution in [2.45, 2.75) is 56.2 Å². The average molecular weight is 384 g/mol. The highest BCUT2D eigenvalue weighted by Crippen LogP contribution is 2.36. The van der Waals surface area contributed by atoms with E-state index in [-0.39, 0.29) is 18.0 Å². The first kappa shape index (κ1) is 18.5. The van der Waals surface area contributed by atoms with Gasteiger partial charge in [0.05, 0.1) is 5.92 Å². The smallest absolute Gasteiger partial charge is 0.314 e. The Morgan fingerprint density at radius 2 is 1.70 bits per heavy atom. The molecule has 142 valence electrons. The fourth-order valence-electron chi connectivity index (χ4n) is 4.61. The zero-order valence-electron chi connectivity index (χ0n) is 15.7. The molecule has 0 amide bonds. The third-order valence-corrected chi connectivity index (χ3v) is 6.57. The molecule has 0 aromatic heterocycles. The van der Waals surface area contributed by atoms with Crippen LogP contribution in [-0.2, 0) is 16.0 Å². The van der Waals surface area contributed by atoms with Crippen LogP contribution in [0.15, 0.2) is 54.6 Å². The second-order valence-corrected chi connectivity index (χ2v) is 8.25. The second-order valence-electron chi connectivity index (χ2n) is 7.84. The summed E-state index contributed by atoms with van der Waals surface area (Å²) in [6.45, 7) is 0. The topological polar surface area (TPSA) is 29.5 Å². The van der Waals surface area contributed by atoms with E-state index in [1.807, 2.05) is 54.6 Å². The number of halogens is 1. The van der Waals surface area contributed by atoms with Crippen molar-refractivity contribution >= 4 is 17.6 Å². The van der Waals surface area contributed by atoms with Crippen LogP contribution in [0, 0.1) is 0 Å². The Hall–Kier alpha value is -1.84. The minimum atomic E-state index is -0.330. The molecule has 2 aliphatic rings. The summed E-state index contributed by atoms with van der Waals surface area (Å²) in [6.07, 6.45) is 4.93. The fourth-order valence-corrected chi connectivity index (χ4v) is 4.82. The van der Waals surface area contributed by atoms with Gasteiger partial charge in [0.15, 0.2) is 0 Å². The van der Waals surface area contributed by atoms with Gasteiger partial charge in [-0.15, -0.1) is 0 Å². The molecule has 2 bridgehead atoms. The number of carbonyl (C=O) groups is 1. The predicted molar refractivity (Wildman–Crippen MR) is 108 cm³/mol. The third-order valence-electron chi connectivity index (χ3n) is 6.21. The zero-order valence-corrected chi connectivity index (χ0v) is 16.4. The molecule has 2 aliphatic heterocycles. The Bertz CT molecular complexity index is 780. The van der Waals surface area contributed by atoms with Gasteiger partial charge in [-0.1, -0.05) is 60.1 Å². The first-order valence-electron chi connectivity index (χ1n) is 9.82. The second kappa shape index (κ2) is 8.04. The van der Waals surface area contributed by atoms with Crippen molar-refractivity contribution in [3.05, 3.63) is 70.7 Å². The highest BCUT2D eigenvalue weighted by atomic mass is 35.5. The molecule has 4 atom stereocenters. The highest BCUT2D eigenvalue weighted by Gasteiger charge is 2.40. The summed E-state index contributed by atoms with van der Waals surface area (Å²) in [5.41, 5.74) is 1.96. The van der Waals surface area contributed by atoms with Crippen LogP contribution in [0.1, 0.15) is 42.7 Å². The zero-order chi connectivity index (χ0) is 18.8. The molecule has 1 unspecified atom stereocenters. The molecular formula is C23H26ClNO2. The maximum atomic E-state index is 13.2. The van der Waals surface area contributed by atoms with Gasteiger partial charge in [0.25, 0.3) is 0 Å². The van der Waals surface area contributed by atoms with Crippen molar-refractivity contribution in [2.24, 2.45) is 0 Å². The lowest BCUT2D eigenvalue weighted by Gasteiger charge is -2.36. The van der Waals surface area contributed by atoms with Gasteiger partial charge in [-0.25, -0.2) is 0 Å². The molecule has 2 aromatic rings. The minimum absolute atomic E-state index is 0.0312. The Labute approximate surface area is 166 Å². The lowest BCUT2D eigenvalue weighted by Crippen LogP contribution is -2.43. The number of carbonyl (C=O) groups excluding carboxylic acids is 1. The number of nitrogens with zero attached hydrogens (tertiary/aromatic N) is 1. The van der Waals surface area contributed by atoms with Crippen molar-refractivity contribution < 1.29 is 9.53 Å². The van der Waals surface area contributed by atoms with Crippen LogP contribution < -0.4 is 0 Å². The molecule has 3 nitrogen and oxygen atoms in total. The standard InChI is InChI=1S/C23H26ClNO2/c1-25-18-11-12-19(25)15-20(14-18)27-23(26)21(16-7-3-2-4-8-16)13-17-9-5-6-10-22(17)24/h2-10,18-21H,11-15H2,1H3/t18-,19+,20-,21?. The lowest BCUT2D eigenvalue weighted by atomic mass is 9.91. The van der Waals surface area contributed by atoms with E-state index in [2.05, 4.69) is 11.9 Å². The summed E-state index contributed by atoms with van der Waals surface area (Å²) in [5, 5.41) is 0.698. The molecule has 4 heteroatoms. The Kier molecular flexibility index (Phi) is 5.51. The van der Waals surface area contributed by atoms with E-state index < -0.39 is 0 Å². The quantitative estimate of drug-likeness (QED) is 0.692. The number of rotatable bonds is 5. The van der Waals surface area contributed by atoms with Crippen LogP contribution >= 0.6 is 11.6 Å². The summed E-state index contributed by atoms with van der Waals surface area (Å²) in [5.74, 6) is -0.460. The monoisotopic (exact) mass is 383 g/mol. The normalized spacial score (nSPS) is 25.9. The maximum absolute atomic E-state index is 13.2. The van der Waals surface area contributed by atoms with Crippen LogP contribution in [0.4, 0.5) is 0 Å². The first-order chi connectivity index (χ1) is 13.1. The van der Waals surface area contributed by atoms with Gasteiger partial charge in [-0.3, -0.25) is 4.79 Å². The number of fused-ring (bicyclic) bond motifs is 2. The molecule has 27 heavy (non-hydrogen) atoms. The lowest BCUT2D eigenvalue weighted by molar-refractivity contribution is -0.154. The van der Waals surface area contributed by atoms with E-state index in [4.69, 9.17) is 16.3 Å². The largest absolute Gasteiger partial charge is 0.462 e. The number of hydrogen-bond acceptors (Lipinski definition) is 3. The molecule has 2 fully saturated rings. The Balaban J connectivity index is 1.52. The molecule has 0 N–H and O–H groups in total. The highest BCUT2D eigenvalue weighted by molar-refractivity contribution is 6.31. The Morgan fingerprint density at radius 3 is 2.37 bits per heavy atom. The number of hydrogen-bond donors (Lipinski definition) is 0. The summed E-state index contributed by atoms with van der Waals surface area (Å²) < 4.78 is 6.04. The third kappa shape index (κ3) is 4.04. The minimum Gasteiger partial charge on any atom is -0.462 e. The first-order valence-corrected chi connectivity index (χ1v) is 10.2. The van der Waals surface area contributed by atoms with Crippen LogP contribution in [0.3, 0.4) is 0 Å². The van der Waals surface area contributed by atoms with Gasteiger partial charge >= 0.3 is 5.97 Å². The van der Waals surface area contributed by atoms with Gasteiger partial charge < -0.3 is 9.64 Å². The van der Waals surface area contributed by atoms with Gasteiger partial charge in [0.1, 0.15) is 6.10 Å². The molecule has 0 radical (unpaired) electrons. The Morgan fingerprint density at radius 1 is 1.07 bits per heavy atom. The molecule has 0 saturated carbocycles. The van der Waals surface area contributed by atoms with Crippen molar-refractivity contribution in [1.82, 2.24) is 4.90 Å². The van der Waals surface area contributed by atoms with Crippen molar-refractivity contribution in [3.8, 4) is 0 Å². The fraction of sp³-hybridized carbons (Fsp3) is 0.435. The molecular weight excluding hydrogens is 358 g/mol. The van der Waals surface area contributed by atoms with Gasteiger partial charge in [-0.2, -0.15) is 0 Å². The van der Waals surface area contributed by atoms with Crippen LogP contribution in [-0.4, -0.2) is 36.1 Å². The molecule has 2 saturated heterocycles. The molecule has 4 rings (SSSR count). The average Bonchev–Trinajstić information content (AvgIpc) is 2.89. The number of benzene rings is 2. The number of piperidine rings is 1. The molecule has 2 heterocycles. The summed E-state index contributed by atoms with van der Waals surface area (Å²) in [4.78, 5) is 15.6. The van der Waals surface area contributed by atoms with E-state index in [9.17, 15) is 4.79 Å².